The van der Waals surface area contributed by atoms with Gasteiger partial charge in [0.25, 0.3) is 0 Å². The van der Waals surface area contributed by atoms with Crippen LogP contribution < -0.4 is 4.90 Å². The van der Waals surface area contributed by atoms with Crippen molar-refractivity contribution in [2.24, 2.45) is 4.99 Å². The van der Waals surface area contributed by atoms with E-state index in [0.717, 1.165) is 42.7 Å². The molecule has 1 heterocycles. The number of nitrogens with zero attached hydrogens (tertiary/aromatic N) is 2. The normalized spacial score (nSPS) is 14.9. The standard InChI is InChI=1S/C18H19FN2O/c1-13-10-18(21-8-2-3-9-21)17(19)11-14(13)12-20-15-4-6-16(22)7-5-15/h4-7,10-12,22H,2-3,8-9H2,1H3. The third-order valence-electron chi connectivity index (χ3n) is 3.98. The van der Waals surface area contributed by atoms with E-state index in [1.165, 1.54) is 0 Å². The number of hydrogen-bond donors (Lipinski definition) is 1. The van der Waals surface area contributed by atoms with Crippen LogP contribution in [-0.2, 0) is 0 Å². The Kier molecular flexibility index (Phi) is 4.09. The summed E-state index contributed by atoms with van der Waals surface area (Å²) in [4.78, 5) is 6.43. The van der Waals surface area contributed by atoms with E-state index in [1.807, 2.05) is 13.0 Å². The van der Waals surface area contributed by atoms with Crippen LogP contribution in [0, 0.1) is 12.7 Å². The van der Waals surface area contributed by atoms with Crippen molar-refractivity contribution in [1.82, 2.24) is 0 Å². The van der Waals surface area contributed by atoms with E-state index in [2.05, 4.69) is 9.89 Å². The van der Waals surface area contributed by atoms with Crippen molar-refractivity contribution in [1.29, 1.82) is 0 Å². The molecule has 0 bridgehead atoms. The van der Waals surface area contributed by atoms with Crippen LogP contribution >= 0.6 is 0 Å². The van der Waals surface area contributed by atoms with E-state index in [0.29, 0.717) is 5.69 Å². The Labute approximate surface area is 129 Å². The molecular weight excluding hydrogens is 279 g/mol. The lowest BCUT2D eigenvalue weighted by molar-refractivity contribution is 0.475. The first-order valence-electron chi connectivity index (χ1n) is 7.52. The van der Waals surface area contributed by atoms with E-state index < -0.39 is 0 Å². The topological polar surface area (TPSA) is 35.8 Å². The average molecular weight is 298 g/mol. The molecule has 0 spiro atoms. The molecule has 3 nitrogen and oxygen atoms in total. The Morgan fingerprint density at radius 3 is 2.50 bits per heavy atom. The lowest BCUT2D eigenvalue weighted by Gasteiger charge is -2.19. The minimum Gasteiger partial charge on any atom is -0.508 e. The number of phenols is 1. The molecule has 0 unspecified atom stereocenters. The third-order valence-corrected chi connectivity index (χ3v) is 3.98. The van der Waals surface area contributed by atoms with Crippen LogP contribution in [0.3, 0.4) is 0 Å². The highest BCUT2D eigenvalue weighted by molar-refractivity contribution is 5.84. The fourth-order valence-corrected chi connectivity index (χ4v) is 2.70. The molecule has 2 aromatic rings. The van der Waals surface area contributed by atoms with Gasteiger partial charge in [-0.2, -0.15) is 0 Å². The fourth-order valence-electron chi connectivity index (χ4n) is 2.70. The summed E-state index contributed by atoms with van der Waals surface area (Å²) < 4.78 is 14.3. The Hall–Kier alpha value is -2.36. The van der Waals surface area contributed by atoms with Gasteiger partial charge in [-0.05, 0) is 67.3 Å². The molecule has 3 rings (SSSR count). The number of anilines is 1. The van der Waals surface area contributed by atoms with Crippen LogP contribution in [0.5, 0.6) is 5.75 Å². The van der Waals surface area contributed by atoms with E-state index in [1.54, 1.807) is 36.5 Å². The van der Waals surface area contributed by atoms with Gasteiger partial charge in [0.05, 0.1) is 11.4 Å². The number of aryl methyl sites for hydroxylation is 1. The molecule has 0 amide bonds. The summed E-state index contributed by atoms with van der Waals surface area (Å²) >= 11 is 0. The van der Waals surface area contributed by atoms with Gasteiger partial charge in [-0.25, -0.2) is 4.39 Å². The maximum atomic E-state index is 14.3. The molecule has 1 aliphatic heterocycles. The number of benzene rings is 2. The van der Waals surface area contributed by atoms with E-state index in [4.69, 9.17) is 0 Å². The SMILES string of the molecule is Cc1cc(N2CCCC2)c(F)cc1C=Nc1ccc(O)cc1. The second-order valence-electron chi connectivity index (χ2n) is 5.63. The van der Waals surface area contributed by atoms with E-state index >= 15 is 0 Å². The van der Waals surface area contributed by atoms with Gasteiger partial charge in [0.2, 0.25) is 0 Å². The van der Waals surface area contributed by atoms with Gasteiger partial charge in [0.1, 0.15) is 11.6 Å². The molecule has 1 aliphatic rings. The summed E-state index contributed by atoms with van der Waals surface area (Å²) in [5.74, 6) is 0.01000. The first kappa shape index (κ1) is 14.6. The predicted molar refractivity (Wildman–Crippen MR) is 87.9 cm³/mol. The van der Waals surface area contributed by atoms with Gasteiger partial charge in [-0.1, -0.05) is 0 Å². The summed E-state index contributed by atoms with van der Waals surface area (Å²) in [5.41, 5.74) is 3.19. The number of halogens is 1. The lowest BCUT2D eigenvalue weighted by atomic mass is 10.1. The van der Waals surface area contributed by atoms with Crippen LogP contribution in [0.15, 0.2) is 41.4 Å². The summed E-state index contributed by atoms with van der Waals surface area (Å²) in [7, 11) is 0. The van der Waals surface area contributed by atoms with E-state index in [-0.39, 0.29) is 11.6 Å². The first-order chi connectivity index (χ1) is 10.6. The number of phenolic OH excluding ortho intramolecular Hbond substituents is 1. The van der Waals surface area contributed by atoms with Gasteiger partial charge in [0, 0.05) is 19.3 Å². The molecule has 0 atom stereocenters. The predicted octanol–water partition coefficient (Wildman–Crippen LogP) is 4.19. The lowest BCUT2D eigenvalue weighted by Crippen LogP contribution is -2.19. The molecule has 0 aromatic heterocycles. The molecule has 0 radical (unpaired) electrons. The molecule has 2 aromatic carbocycles. The zero-order chi connectivity index (χ0) is 15.5. The summed E-state index contributed by atoms with van der Waals surface area (Å²) in [5, 5.41) is 9.25. The number of aromatic hydroxyl groups is 1. The molecule has 4 heteroatoms. The molecular formula is C18H19FN2O. The minimum atomic E-state index is -0.195. The largest absolute Gasteiger partial charge is 0.508 e. The van der Waals surface area contributed by atoms with Crippen molar-refractivity contribution in [3.63, 3.8) is 0 Å². The smallest absolute Gasteiger partial charge is 0.147 e. The average Bonchev–Trinajstić information content (AvgIpc) is 3.03. The van der Waals surface area contributed by atoms with Crippen molar-refractivity contribution < 1.29 is 9.50 Å². The number of aliphatic imine (C=N–C) groups is 1. The van der Waals surface area contributed by atoms with Gasteiger partial charge in [-0.15, -0.1) is 0 Å². The van der Waals surface area contributed by atoms with Gasteiger partial charge in [-0.3, -0.25) is 4.99 Å². The van der Waals surface area contributed by atoms with Gasteiger partial charge >= 0.3 is 0 Å². The summed E-state index contributed by atoms with van der Waals surface area (Å²) in [6.07, 6.45) is 3.92. The maximum Gasteiger partial charge on any atom is 0.147 e. The Morgan fingerprint density at radius 2 is 1.82 bits per heavy atom. The van der Waals surface area contributed by atoms with Gasteiger partial charge in [0.15, 0.2) is 0 Å². The molecule has 1 N–H and O–H groups in total. The first-order valence-corrected chi connectivity index (χ1v) is 7.52. The zero-order valence-electron chi connectivity index (χ0n) is 12.6. The summed E-state index contributed by atoms with van der Waals surface area (Å²) in [6.45, 7) is 3.83. The highest BCUT2D eigenvalue weighted by Crippen LogP contribution is 2.26. The number of rotatable bonds is 3. The van der Waals surface area contributed by atoms with Crippen LogP contribution in [0.25, 0.3) is 0 Å². The van der Waals surface area contributed by atoms with Crippen molar-refractivity contribution >= 4 is 17.6 Å². The number of hydrogen-bond acceptors (Lipinski definition) is 3. The second kappa shape index (κ2) is 6.18. The Bertz CT molecular complexity index is 689. The second-order valence-corrected chi connectivity index (χ2v) is 5.63. The van der Waals surface area contributed by atoms with Crippen molar-refractivity contribution in [3.05, 3.63) is 53.3 Å². The zero-order valence-corrected chi connectivity index (χ0v) is 12.6. The molecule has 0 aliphatic carbocycles. The molecule has 114 valence electrons. The molecule has 1 saturated heterocycles. The minimum absolute atomic E-state index is 0.195. The molecule has 0 saturated carbocycles. The fraction of sp³-hybridized carbons (Fsp3) is 0.278. The Morgan fingerprint density at radius 1 is 1.14 bits per heavy atom. The third kappa shape index (κ3) is 3.11. The monoisotopic (exact) mass is 298 g/mol. The van der Waals surface area contributed by atoms with Crippen LogP contribution in [0.1, 0.15) is 24.0 Å². The maximum absolute atomic E-state index is 14.3. The highest BCUT2D eigenvalue weighted by atomic mass is 19.1. The van der Waals surface area contributed by atoms with Crippen molar-refractivity contribution in [2.45, 2.75) is 19.8 Å². The summed E-state index contributed by atoms with van der Waals surface area (Å²) in [6, 6.07) is 10.0. The van der Waals surface area contributed by atoms with E-state index in [9.17, 15) is 9.50 Å². The van der Waals surface area contributed by atoms with Crippen LogP contribution in [0.2, 0.25) is 0 Å². The Balaban J connectivity index is 1.85. The molecule has 1 fully saturated rings. The van der Waals surface area contributed by atoms with Crippen molar-refractivity contribution in [2.75, 3.05) is 18.0 Å². The van der Waals surface area contributed by atoms with Crippen LogP contribution in [0.4, 0.5) is 15.8 Å². The van der Waals surface area contributed by atoms with Crippen molar-refractivity contribution in [3.8, 4) is 5.75 Å². The van der Waals surface area contributed by atoms with Crippen LogP contribution in [-0.4, -0.2) is 24.4 Å². The highest BCUT2D eigenvalue weighted by Gasteiger charge is 2.17. The van der Waals surface area contributed by atoms with Gasteiger partial charge < -0.3 is 10.0 Å². The quantitative estimate of drug-likeness (QED) is 0.862. The molecule has 22 heavy (non-hydrogen) atoms.